The average molecular weight is 719 g/mol. The van der Waals surface area contributed by atoms with E-state index in [1.54, 1.807) is 36.9 Å². The normalized spacial score (nSPS) is 14.2. The second-order valence-electron chi connectivity index (χ2n) is 12.7. The quantitative estimate of drug-likeness (QED) is 0.0576. The minimum Gasteiger partial charge on any atom is -0.496 e. The lowest BCUT2D eigenvalue weighted by atomic mass is 9.92. The number of benzene rings is 2. The van der Waals surface area contributed by atoms with Crippen molar-refractivity contribution in [3.05, 3.63) is 117 Å². The van der Waals surface area contributed by atoms with Crippen molar-refractivity contribution < 1.29 is 28.5 Å². The standard InChI is InChI=1S/C40H50N2O6S2/c1-27(2)41(5)37(25-31(35-19-13-23-49-35)29-15-9-11-17-33(29)45-7)47-39(43)21-22-40(44)48-38(42(6)28(3)4)26-32(36-20-14-24-50-36)30-16-10-12-18-34(30)46-8/h9-24,27-28,31-32,37-38H,25-26H2,1-8H3/b22-21+. The predicted octanol–water partition coefficient (Wildman–Crippen LogP) is 8.55. The second-order valence-corrected chi connectivity index (χ2v) is 14.7. The van der Waals surface area contributed by atoms with Crippen LogP contribution in [0.3, 0.4) is 0 Å². The molecular weight excluding hydrogens is 669 g/mol. The zero-order valence-electron chi connectivity index (χ0n) is 30.3. The highest BCUT2D eigenvalue weighted by molar-refractivity contribution is 7.10. The molecule has 0 aliphatic heterocycles. The molecule has 0 radical (unpaired) electrons. The van der Waals surface area contributed by atoms with E-state index in [9.17, 15) is 9.59 Å². The molecule has 4 atom stereocenters. The third kappa shape index (κ3) is 10.3. The Bertz CT molecular complexity index is 1530. The number of esters is 2. The van der Waals surface area contributed by atoms with Crippen LogP contribution in [0.25, 0.3) is 0 Å². The summed E-state index contributed by atoms with van der Waals surface area (Å²) in [6.07, 6.45) is 2.16. The largest absolute Gasteiger partial charge is 0.496 e. The van der Waals surface area contributed by atoms with Crippen LogP contribution in [0.1, 0.15) is 73.3 Å². The number of thiophene rings is 2. The Morgan fingerprint density at radius 1 is 0.620 bits per heavy atom. The van der Waals surface area contributed by atoms with Crippen molar-refractivity contribution in [2.24, 2.45) is 0 Å². The Balaban J connectivity index is 1.53. The molecule has 0 saturated carbocycles. The fourth-order valence-electron chi connectivity index (χ4n) is 5.83. The van der Waals surface area contributed by atoms with Crippen molar-refractivity contribution in [3.63, 3.8) is 0 Å². The van der Waals surface area contributed by atoms with Crippen molar-refractivity contribution >= 4 is 34.6 Å². The summed E-state index contributed by atoms with van der Waals surface area (Å²) >= 11 is 3.31. The zero-order valence-corrected chi connectivity index (χ0v) is 31.9. The van der Waals surface area contributed by atoms with Crippen LogP contribution in [0.5, 0.6) is 11.5 Å². The minimum absolute atomic E-state index is 0.0778. The maximum atomic E-state index is 13.3. The van der Waals surface area contributed by atoms with Gasteiger partial charge < -0.3 is 18.9 Å². The topological polar surface area (TPSA) is 77.5 Å². The lowest BCUT2D eigenvalue weighted by Crippen LogP contribution is -2.41. The van der Waals surface area contributed by atoms with E-state index in [1.807, 2.05) is 83.2 Å². The molecule has 0 fully saturated rings. The fourth-order valence-corrected chi connectivity index (χ4v) is 7.54. The lowest BCUT2D eigenvalue weighted by Gasteiger charge is -2.33. The molecule has 0 amide bonds. The average Bonchev–Trinajstić information content (AvgIpc) is 3.86. The highest BCUT2D eigenvalue weighted by Crippen LogP contribution is 2.40. The number of hydrogen-bond acceptors (Lipinski definition) is 10. The first kappa shape index (κ1) is 38.8. The molecule has 2 aromatic heterocycles. The van der Waals surface area contributed by atoms with Gasteiger partial charge in [0.25, 0.3) is 0 Å². The van der Waals surface area contributed by atoms with Gasteiger partial charge in [-0.25, -0.2) is 9.59 Å². The lowest BCUT2D eigenvalue weighted by molar-refractivity contribution is -0.157. The van der Waals surface area contributed by atoms with Crippen LogP contribution in [0, 0.1) is 0 Å². The van der Waals surface area contributed by atoms with E-state index < -0.39 is 24.4 Å². The van der Waals surface area contributed by atoms with Gasteiger partial charge in [0.05, 0.1) is 14.2 Å². The minimum atomic E-state index is -0.622. The van der Waals surface area contributed by atoms with Crippen molar-refractivity contribution in [1.29, 1.82) is 0 Å². The van der Waals surface area contributed by atoms with Gasteiger partial charge in [-0.15, -0.1) is 22.7 Å². The number of ether oxygens (including phenoxy) is 4. The van der Waals surface area contributed by atoms with E-state index >= 15 is 0 Å². The number of carbonyl (C=O) groups excluding carboxylic acids is 2. The van der Waals surface area contributed by atoms with Crippen LogP contribution in [0.2, 0.25) is 0 Å². The summed E-state index contributed by atoms with van der Waals surface area (Å²) in [7, 11) is 7.20. The molecule has 0 saturated heterocycles. The van der Waals surface area contributed by atoms with Gasteiger partial charge in [0.15, 0.2) is 12.5 Å². The number of methoxy groups -OCH3 is 2. The molecule has 4 unspecified atom stereocenters. The molecule has 4 rings (SSSR count). The van der Waals surface area contributed by atoms with Crippen LogP contribution >= 0.6 is 22.7 Å². The van der Waals surface area contributed by atoms with Crippen LogP contribution in [-0.2, 0) is 19.1 Å². The molecular formula is C40H50N2O6S2. The molecule has 2 heterocycles. The van der Waals surface area contributed by atoms with Gasteiger partial charge in [-0.3, -0.25) is 9.80 Å². The Hall–Kier alpha value is -3.96. The van der Waals surface area contributed by atoms with Crippen molar-refractivity contribution in [3.8, 4) is 11.5 Å². The third-order valence-electron chi connectivity index (χ3n) is 9.07. The van der Waals surface area contributed by atoms with Gasteiger partial charge in [0.1, 0.15) is 11.5 Å². The van der Waals surface area contributed by atoms with Crippen molar-refractivity contribution in [2.45, 2.75) is 76.9 Å². The zero-order chi connectivity index (χ0) is 36.2. The Labute approximate surface area is 305 Å². The van der Waals surface area contributed by atoms with Crippen LogP contribution in [-0.4, -0.2) is 74.6 Å². The molecule has 0 bridgehead atoms. The summed E-state index contributed by atoms with van der Waals surface area (Å²) in [5.74, 6) is 0.154. The molecule has 4 aromatic rings. The van der Waals surface area contributed by atoms with Gasteiger partial charge in [0, 0.05) is 69.8 Å². The number of rotatable bonds is 18. The first-order valence-electron chi connectivity index (χ1n) is 16.9. The maximum absolute atomic E-state index is 13.3. The van der Waals surface area contributed by atoms with E-state index in [4.69, 9.17) is 18.9 Å². The molecule has 268 valence electrons. The van der Waals surface area contributed by atoms with Gasteiger partial charge >= 0.3 is 11.9 Å². The highest BCUT2D eigenvalue weighted by atomic mass is 32.1. The van der Waals surface area contributed by atoms with Crippen LogP contribution < -0.4 is 9.47 Å². The van der Waals surface area contributed by atoms with E-state index in [0.717, 1.165) is 44.5 Å². The second kappa shape index (κ2) is 18.9. The molecule has 0 N–H and O–H groups in total. The summed E-state index contributed by atoms with van der Waals surface area (Å²) in [6.45, 7) is 8.21. The highest BCUT2D eigenvalue weighted by Gasteiger charge is 2.31. The third-order valence-corrected chi connectivity index (χ3v) is 11.0. The van der Waals surface area contributed by atoms with Crippen molar-refractivity contribution in [2.75, 3.05) is 28.3 Å². The molecule has 0 aliphatic rings. The van der Waals surface area contributed by atoms with Gasteiger partial charge in [-0.1, -0.05) is 48.5 Å². The summed E-state index contributed by atoms with van der Waals surface area (Å²) in [5.41, 5.74) is 2.04. The van der Waals surface area contributed by atoms with Gasteiger partial charge in [-0.2, -0.15) is 0 Å². The van der Waals surface area contributed by atoms with Crippen molar-refractivity contribution in [1.82, 2.24) is 9.80 Å². The number of para-hydroxylation sites is 2. The summed E-state index contributed by atoms with van der Waals surface area (Å²) in [4.78, 5) is 33.0. The summed E-state index contributed by atoms with van der Waals surface area (Å²) < 4.78 is 23.6. The van der Waals surface area contributed by atoms with E-state index in [1.165, 1.54) is 0 Å². The fraction of sp³-hybridized carbons (Fsp3) is 0.400. The summed E-state index contributed by atoms with van der Waals surface area (Å²) in [6, 6.07) is 24.3. The molecule has 0 spiro atoms. The molecule has 10 heteroatoms. The van der Waals surface area contributed by atoms with Crippen LogP contribution in [0.4, 0.5) is 0 Å². The predicted molar refractivity (Wildman–Crippen MR) is 202 cm³/mol. The number of hydrogen-bond donors (Lipinski definition) is 0. The van der Waals surface area contributed by atoms with Gasteiger partial charge in [-0.05, 0) is 76.8 Å². The number of carbonyl (C=O) groups is 2. The number of nitrogens with zero attached hydrogens (tertiary/aromatic N) is 2. The van der Waals surface area contributed by atoms with Crippen LogP contribution in [0.15, 0.2) is 95.7 Å². The first-order chi connectivity index (χ1) is 24.0. The molecule has 0 aliphatic carbocycles. The summed E-state index contributed by atoms with van der Waals surface area (Å²) in [5, 5.41) is 4.09. The SMILES string of the molecule is COc1ccccc1C(CC(OC(=O)/C=C/C(=O)OC(CC(c1cccs1)c1ccccc1OC)N(C)C(C)C)N(C)C(C)C)c1cccs1. The molecule has 2 aromatic carbocycles. The Morgan fingerprint density at radius 3 is 1.32 bits per heavy atom. The van der Waals surface area contributed by atoms with E-state index in [0.29, 0.717) is 12.8 Å². The maximum Gasteiger partial charge on any atom is 0.332 e. The monoisotopic (exact) mass is 718 g/mol. The molecule has 8 nitrogen and oxygen atoms in total. The first-order valence-corrected chi connectivity index (χ1v) is 18.7. The van der Waals surface area contributed by atoms with E-state index in [-0.39, 0.29) is 23.9 Å². The van der Waals surface area contributed by atoms with E-state index in [2.05, 4.69) is 52.0 Å². The Kier molecular flexibility index (Phi) is 14.7. The Morgan fingerprint density at radius 2 is 1.00 bits per heavy atom. The smallest absolute Gasteiger partial charge is 0.332 e. The van der Waals surface area contributed by atoms with Gasteiger partial charge in [0.2, 0.25) is 0 Å². The molecule has 50 heavy (non-hydrogen) atoms.